The van der Waals surface area contributed by atoms with E-state index in [1.807, 2.05) is 59.2 Å². The van der Waals surface area contributed by atoms with Crippen molar-refractivity contribution in [3.05, 3.63) is 83.0 Å². The summed E-state index contributed by atoms with van der Waals surface area (Å²) in [6.07, 6.45) is 2.35. The molecule has 0 spiro atoms. The van der Waals surface area contributed by atoms with Crippen LogP contribution >= 0.6 is 0 Å². The summed E-state index contributed by atoms with van der Waals surface area (Å²) in [6, 6.07) is 19.1. The fraction of sp³-hybridized carbons (Fsp3) is 0.100. The van der Waals surface area contributed by atoms with Gasteiger partial charge in [0.05, 0.1) is 23.3 Å². The molecule has 0 fully saturated rings. The van der Waals surface area contributed by atoms with E-state index in [4.69, 9.17) is 5.10 Å². The van der Waals surface area contributed by atoms with Crippen LogP contribution < -0.4 is 5.56 Å². The highest BCUT2D eigenvalue weighted by molar-refractivity contribution is 5.90. The SMILES string of the molecule is O=c1ccc(-c2c(-c3ccccc3)nn3ccccc23)nn1CCc1nn[nH]n1. The molecule has 4 heterocycles. The largest absolute Gasteiger partial charge is 0.268 e. The van der Waals surface area contributed by atoms with Gasteiger partial charge in [0.1, 0.15) is 5.69 Å². The molecule has 0 amide bonds. The van der Waals surface area contributed by atoms with Crippen LogP contribution in [0.5, 0.6) is 0 Å². The van der Waals surface area contributed by atoms with Crippen molar-refractivity contribution in [3.8, 4) is 22.5 Å². The van der Waals surface area contributed by atoms with Gasteiger partial charge in [-0.3, -0.25) is 4.79 Å². The molecule has 0 bridgehead atoms. The summed E-state index contributed by atoms with van der Waals surface area (Å²) in [5.41, 5.74) is 4.09. The van der Waals surface area contributed by atoms with Crippen LogP contribution in [0.3, 0.4) is 0 Å². The second kappa shape index (κ2) is 7.12. The summed E-state index contributed by atoms with van der Waals surface area (Å²) in [4.78, 5) is 12.3. The highest BCUT2D eigenvalue weighted by Crippen LogP contribution is 2.33. The Bertz CT molecular complexity index is 1320. The molecular weight excluding hydrogens is 368 g/mol. The molecule has 1 N–H and O–H groups in total. The molecule has 0 aliphatic rings. The van der Waals surface area contributed by atoms with Crippen molar-refractivity contribution in [3.63, 3.8) is 0 Å². The average molecular weight is 384 g/mol. The second-order valence-electron chi connectivity index (χ2n) is 6.48. The summed E-state index contributed by atoms with van der Waals surface area (Å²) in [6.45, 7) is 0.353. The molecule has 0 unspecified atom stereocenters. The van der Waals surface area contributed by atoms with Gasteiger partial charge in [-0.05, 0) is 18.2 Å². The van der Waals surface area contributed by atoms with E-state index in [1.54, 1.807) is 6.07 Å². The van der Waals surface area contributed by atoms with Crippen molar-refractivity contribution >= 4 is 5.52 Å². The first-order chi connectivity index (χ1) is 14.3. The number of fused-ring (bicyclic) bond motifs is 1. The van der Waals surface area contributed by atoms with Crippen LogP contribution in [0.25, 0.3) is 28.0 Å². The maximum atomic E-state index is 12.3. The predicted octanol–water partition coefficient (Wildman–Crippen LogP) is 1.98. The van der Waals surface area contributed by atoms with E-state index in [9.17, 15) is 4.79 Å². The molecule has 142 valence electrons. The van der Waals surface area contributed by atoms with Gasteiger partial charge >= 0.3 is 0 Å². The zero-order chi connectivity index (χ0) is 19.6. The summed E-state index contributed by atoms with van der Waals surface area (Å²) in [7, 11) is 0. The maximum absolute atomic E-state index is 12.3. The Hall–Kier alpha value is -4.14. The molecule has 5 aromatic rings. The quantitative estimate of drug-likeness (QED) is 0.497. The highest BCUT2D eigenvalue weighted by atomic mass is 16.1. The Labute approximate surface area is 164 Å². The first-order valence-electron chi connectivity index (χ1n) is 9.13. The standard InChI is InChI=1S/C20H16N8O/c29-18-10-9-15(23-28(18)13-11-17-21-25-26-22-17)19-16-8-4-5-12-27(16)24-20(19)14-6-2-1-3-7-14/h1-10,12H,11,13H2,(H,21,22,25,26). The number of pyridine rings is 1. The van der Waals surface area contributed by atoms with Gasteiger partial charge in [0.2, 0.25) is 0 Å². The molecule has 0 aliphatic carbocycles. The Morgan fingerprint density at radius 3 is 2.62 bits per heavy atom. The van der Waals surface area contributed by atoms with Gasteiger partial charge in [0.25, 0.3) is 5.56 Å². The molecule has 0 radical (unpaired) electrons. The minimum Gasteiger partial charge on any atom is -0.268 e. The lowest BCUT2D eigenvalue weighted by Crippen LogP contribution is -2.23. The normalized spacial score (nSPS) is 11.2. The molecular formula is C20H16N8O. The van der Waals surface area contributed by atoms with Crippen LogP contribution in [0, 0.1) is 0 Å². The van der Waals surface area contributed by atoms with E-state index in [-0.39, 0.29) is 5.56 Å². The monoisotopic (exact) mass is 384 g/mol. The average Bonchev–Trinajstić information content (AvgIpc) is 3.42. The van der Waals surface area contributed by atoms with E-state index in [2.05, 4.69) is 25.7 Å². The highest BCUT2D eigenvalue weighted by Gasteiger charge is 2.18. The summed E-state index contributed by atoms with van der Waals surface area (Å²) >= 11 is 0. The second-order valence-corrected chi connectivity index (χ2v) is 6.48. The number of aromatic amines is 1. The van der Waals surface area contributed by atoms with Crippen molar-refractivity contribution in [1.82, 2.24) is 40.0 Å². The van der Waals surface area contributed by atoms with Crippen LogP contribution in [-0.2, 0) is 13.0 Å². The van der Waals surface area contributed by atoms with E-state index in [0.717, 1.165) is 22.3 Å². The number of hydrogen-bond donors (Lipinski definition) is 1. The fourth-order valence-corrected chi connectivity index (χ4v) is 3.29. The Morgan fingerprint density at radius 2 is 1.79 bits per heavy atom. The van der Waals surface area contributed by atoms with Crippen LogP contribution in [0.15, 0.2) is 71.7 Å². The van der Waals surface area contributed by atoms with Gasteiger partial charge in [-0.1, -0.05) is 41.6 Å². The molecule has 29 heavy (non-hydrogen) atoms. The van der Waals surface area contributed by atoms with Gasteiger partial charge in [-0.25, -0.2) is 9.20 Å². The number of nitrogens with zero attached hydrogens (tertiary/aromatic N) is 7. The Balaban J connectivity index is 1.64. The zero-order valence-electron chi connectivity index (χ0n) is 15.3. The maximum Gasteiger partial charge on any atom is 0.266 e. The molecule has 5 rings (SSSR count). The number of hydrogen-bond acceptors (Lipinski definition) is 6. The fourth-order valence-electron chi connectivity index (χ4n) is 3.29. The molecule has 0 aliphatic heterocycles. The number of nitrogens with one attached hydrogen (secondary N) is 1. The smallest absolute Gasteiger partial charge is 0.266 e. The minimum atomic E-state index is -0.185. The van der Waals surface area contributed by atoms with Crippen molar-refractivity contribution in [1.29, 1.82) is 0 Å². The first-order valence-corrected chi connectivity index (χ1v) is 9.13. The number of benzene rings is 1. The van der Waals surface area contributed by atoms with Crippen LogP contribution in [0.2, 0.25) is 0 Å². The predicted molar refractivity (Wildman–Crippen MR) is 106 cm³/mol. The molecule has 9 heteroatoms. The third-order valence-corrected chi connectivity index (χ3v) is 4.65. The van der Waals surface area contributed by atoms with E-state index >= 15 is 0 Å². The van der Waals surface area contributed by atoms with Crippen molar-refractivity contribution in [2.45, 2.75) is 13.0 Å². The summed E-state index contributed by atoms with van der Waals surface area (Å²) < 4.78 is 3.25. The van der Waals surface area contributed by atoms with Gasteiger partial charge in [0, 0.05) is 24.2 Å². The van der Waals surface area contributed by atoms with Gasteiger partial charge in [0.15, 0.2) is 5.82 Å². The van der Waals surface area contributed by atoms with Crippen LogP contribution in [0.4, 0.5) is 0 Å². The lowest BCUT2D eigenvalue weighted by atomic mass is 10.0. The topological polar surface area (TPSA) is 107 Å². The third-order valence-electron chi connectivity index (χ3n) is 4.65. The van der Waals surface area contributed by atoms with Gasteiger partial charge in [-0.2, -0.15) is 15.4 Å². The van der Waals surface area contributed by atoms with Gasteiger partial charge in [-0.15, -0.1) is 10.2 Å². The number of aryl methyl sites for hydroxylation is 2. The van der Waals surface area contributed by atoms with Crippen LogP contribution in [-0.4, -0.2) is 40.0 Å². The summed E-state index contributed by atoms with van der Waals surface area (Å²) in [5, 5.41) is 23.2. The third kappa shape index (κ3) is 3.18. The number of rotatable bonds is 5. The molecule has 0 saturated carbocycles. The van der Waals surface area contributed by atoms with E-state index in [0.29, 0.717) is 24.5 Å². The molecule has 4 aromatic heterocycles. The Morgan fingerprint density at radius 1 is 0.931 bits per heavy atom. The van der Waals surface area contributed by atoms with Crippen molar-refractivity contribution in [2.24, 2.45) is 0 Å². The van der Waals surface area contributed by atoms with E-state index < -0.39 is 0 Å². The number of aromatic nitrogens is 8. The Kier molecular flexibility index (Phi) is 4.17. The number of H-pyrrole nitrogens is 1. The van der Waals surface area contributed by atoms with Gasteiger partial charge < -0.3 is 0 Å². The zero-order valence-corrected chi connectivity index (χ0v) is 15.3. The lowest BCUT2D eigenvalue weighted by molar-refractivity contribution is 0.570. The molecule has 0 atom stereocenters. The van der Waals surface area contributed by atoms with Crippen molar-refractivity contribution in [2.75, 3.05) is 0 Å². The molecule has 0 saturated heterocycles. The molecule has 1 aromatic carbocycles. The van der Waals surface area contributed by atoms with E-state index in [1.165, 1.54) is 10.7 Å². The van der Waals surface area contributed by atoms with Crippen molar-refractivity contribution < 1.29 is 0 Å². The number of tetrazole rings is 1. The summed E-state index contributed by atoms with van der Waals surface area (Å²) in [5.74, 6) is 0.532. The first kappa shape index (κ1) is 17.0. The lowest BCUT2D eigenvalue weighted by Gasteiger charge is -2.07. The minimum absolute atomic E-state index is 0.185. The van der Waals surface area contributed by atoms with Crippen LogP contribution in [0.1, 0.15) is 5.82 Å². The molecule has 9 nitrogen and oxygen atoms in total.